The molecule has 3 aromatic rings. The predicted octanol–water partition coefficient (Wildman–Crippen LogP) is 4.07. The maximum absolute atomic E-state index is 11.7. The molecule has 0 atom stereocenters. The smallest absolute Gasteiger partial charge is 0.338 e. The minimum absolute atomic E-state index is 0.312. The van der Waals surface area contributed by atoms with Crippen LogP contribution in [-0.2, 0) is 4.74 Å². The van der Waals surface area contributed by atoms with E-state index in [2.05, 4.69) is 36.7 Å². The van der Waals surface area contributed by atoms with Gasteiger partial charge in [0.1, 0.15) is 0 Å². The molecule has 0 aliphatic carbocycles. The summed E-state index contributed by atoms with van der Waals surface area (Å²) in [6.45, 7) is 6.32. The summed E-state index contributed by atoms with van der Waals surface area (Å²) in [5.41, 5.74) is 5.80. The van der Waals surface area contributed by atoms with Crippen molar-refractivity contribution in [3.05, 3.63) is 82.9 Å². The van der Waals surface area contributed by atoms with Crippen molar-refractivity contribution in [3.8, 4) is 17.5 Å². The number of esters is 1. The minimum atomic E-state index is -0.312. The van der Waals surface area contributed by atoms with Crippen molar-refractivity contribution in [1.82, 2.24) is 9.55 Å². The molecule has 0 aliphatic rings. The van der Waals surface area contributed by atoms with Gasteiger partial charge in [0.05, 0.1) is 18.5 Å². The van der Waals surface area contributed by atoms with Crippen molar-refractivity contribution in [2.45, 2.75) is 20.8 Å². The van der Waals surface area contributed by atoms with Gasteiger partial charge in [-0.3, -0.25) is 0 Å². The molecule has 0 fully saturated rings. The van der Waals surface area contributed by atoms with Crippen LogP contribution in [0.15, 0.2) is 55.1 Å². The fraction of sp³-hybridized carbons (Fsp3) is 0.182. The predicted molar refractivity (Wildman–Crippen MR) is 101 cm³/mol. The SMILES string of the molecule is CCOC(=O)c1ccc(C#Cc2ccc(-n3ccnc3)c(C)c2C)cc1. The summed E-state index contributed by atoms with van der Waals surface area (Å²) < 4.78 is 6.98. The van der Waals surface area contributed by atoms with Gasteiger partial charge in [0, 0.05) is 29.2 Å². The molecule has 0 N–H and O–H groups in total. The monoisotopic (exact) mass is 344 g/mol. The first-order chi connectivity index (χ1) is 12.6. The lowest BCUT2D eigenvalue weighted by Crippen LogP contribution is -2.04. The molecule has 0 bridgehead atoms. The Hall–Kier alpha value is -3.32. The second-order valence-electron chi connectivity index (χ2n) is 5.90. The van der Waals surface area contributed by atoms with Crippen LogP contribution in [-0.4, -0.2) is 22.1 Å². The van der Waals surface area contributed by atoms with E-state index in [4.69, 9.17) is 4.74 Å². The molecule has 0 spiro atoms. The third-order valence-electron chi connectivity index (χ3n) is 4.28. The normalized spacial score (nSPS) is 10.1. The lowest BCUT2D eigenvalue weighted by molar-refractivity contribution is 0.0526. The zero-order valence-electron chi connectivity index (χ0n) is 15.1. The zero-order valence-corrected chi connectivity index (χ0v) is 15.1. The molecule has 4 nitrogen and oxygen atoms in total. The van der Waals surface area contributed by atoms with E-state index < -0.39 is 0 Å². The number of imidazole rings is 1. The van der Waals surface area contributed by atoms with Crippen LogP contribution >= 0.6 is 0 Å². The zero-order chi connectivity index (χ0) is 18.5. The summed E-state index contributed by atoms with van der Waals surface area (Å²) in [4.78, 5) is 15.8. The lowest BCUT2D eigenvalue weighted by Gasteiger charge is -2.11. The van der Waals surface area contributed by atoms with E-state index in [0.29, 0.717) is 12.2 Å². The molecular weight excluding hydrogens is 324 g/mol. The number of nitrogens with zero attached hydrogens (tertiary/aromatic N) is 2. The van der Waals surface area contributed by atoms with Crippen molar-refractivity contribution in [1.29, 1.82) is 0 Å². The molecule has 0 radical (unpaired) electrons. The van der Waals surface area contributed by atoms with E-state index in [1.807, 2.05) is 29.0 Å². The van der Waals surface area contributed by atoms with Crippen molar-refractivity contribution in [2.75, 3.05) is 6.61 Å². The van der Waals surface area contributed by atoms with Gasteiger partial charge >= 0.3 is 5.97 Å². The molecule has 0 saturated carbocycles. The molecule has 0 aliphatic heterocycles. The van der Waals surface area contributed by atoms with Crippen LogP contribution in [0.5, 0.6) is 0 Å². The first-order valence-corrected chi connectivity index (χ1v) is 8.48. The molecule has 0 amide bonds. The molecule has 130 valence electrons. The maximum Gasteiger partial charge on any atom is 0.338 e. The van der Waals surface area contributed by atoms with Gasteiger partial charge in [-0.2, -0.15) is 0 Å². The van der Waals surface area contributed by atoms with E-state index in [1.54, 1.807) is 31.6 Å². The minimum Gasteiger partial charge on any atom is -0.462 e. The fourth-order valence-electron chi connectivity index (χ4n) is 2.67. The quantitative estimate of drug-likeness (QED) is 0.531. The summed E-state index contributed by atoms with van der Waals surface area (Å²) in [5.74, 6) is 6.07. The van der Waals surface area contributed by atoms with Crippen LogP contribution in [0.1, 0.15) is 39.5 Å². The molecule has 26 heavy (non-hydrogen) atoms. The highest BCUT2D eigenvalue weighted by atomic mass is 16.5. The second kappa shape index (κ2) is 7.71. The summed E-state index contributed by atoms with van der Waals surface area (Å²) in [6.07, 6.45) is 5.49. The Morgan fingerprint density at radius 1 is 1.08 bits per heavy atom. The van der Waals surface area contributed by atoms with Crippen molar-refractivity contribution in [2.24, 2.45) is 0 Å². The number of benzene rings is 2. The Morgan fingerprint density at radius 3 is 2.50 bits per heavy atom. The third kappa shape index (κ3) is 3.68. The Labute approximate surface area is 153 Å². The number of hydrogen-bond acceptors (Lipinski definition) is 3. The van der Waals surface area contributed by atoms with Gasteiger partial charge in [-0.25, -0.2) is 9.78 Å². The summed E-state index contributed by atoms with van der Waals surface area (Å²) >= 11 is 0. The van der Waals surface area contributed by atoms with Gasteiger partial charge in [-0.1, -0.05) is 11.8 Å². The largest absolute Gasteiger partial charge is 0.462 e. The highest BCUT2D eigenvalue weighted by molar-refractivity contribution is 5.89. The highest BCUT2D eigenvalue weighted by Gasteiger charge is 2.07. The van der Waals surface area contributed by atoms with E-state index in [-0.39, 0.29) is 5.97 Å². The van der Waals surface area contributed by atoms with Crippen LogP contribution < -0.4 is 0 Å². The van der Waals surface area contributed by atoms with Crippen LogP contribution in [0.2, 0.25) is 0 Å². The number of hydrogen-bond donors (Lipinski definition) is 0. The first kappa shape index (κ1) is 17.5. The van der Waals surface area contributed by atoms with Crippen LogP contribution in [0, 0.1) is 25.7 Å². The van der Waals surface area contributed by atoms with Crippen molar-refractivity contribution < 1.29 is 9.53 Å². The van der Waals surface area contributed by atoms with Crippen LogP contribution in [0.25, 0.3) is 5.69 Å². The summed E-state index contributed by atoms with van der Waals surface area (Å²) in [5, 5.41) is 0. The Kier molecular flexibility index (Phi) is 5.19. The molecular formula is C22H20N2O2. The van der Waals surface area contributed by atoms with Gasteiger partial charge in [0.15, 0.2) is 0 Å². The lowest BCUT2D eigenvalue weighted by atomic mass is 10.0. The average molecular weight is 344 g/mol. The van der Waals surface area contributed by atoms with Crippen molar-refractivity contribution in [3.63, 3.8) is 0 Å². The standard InChI is InChI=1S/C22H20N2O2/c1-4-26-22(25)20-9-6-18(7-10-20)5-8-19-11-12-21(17(3)16(19)2)24-14-13-23-15-24/h6-7,9-15H,4H2,1-3H3. The Morgan fingerprint density at radius 2 is 1.85 bits per heavy atom. The Balaban J connectivity index is 1.84. The van der Waals surface area contributed by atoms with Crippen molar-refractivity contribution >= 4 is 5.97 Å². The number of aromatic nitrogens is 2. The topological polar surface area (TPSA) is 44.1 Å². The molecule has 3 rings (SSSR count). The van der Waals surface area contributed by atoms with Gasteiger partial charge in [0.2, 0.25) is 0 Å². The average Bonchev–Trinajstić information content (AvgIpc) is 3.18. The number of carbonyl (C=O) groups is 1. The van der Waals surface area contributed by atoms with E-state index in [9.17, 15) is 4.79 Å². The van der Waals surface area contributed by atoms with E-state index in [0.717, 1.165) is 22.4 Å². The van der Waals surface area contributed by atoms with Gasteiger partial charge < -0.3 is 9.30 Å². The third-order valence-corrected chi connectivity index (χ3v) is 4.28. The van der Waals surface area contributed by atoms with Gasteiger partial charge in [0.25, 0.3) is 0 Å². The van der Waals surface area contributed by atoms with E-state index >= 15 is 0 Å². The second-order valence-corrected chi connectivity index (χ2v) is 5.90. The summed E-state index contributed by atoms with van der Waals surface area (Å²) in [7, 11) is 0. The number of ether oxygens (including phenoxy) is 1. The van der Waals surface area contributed by atoms with Crippen LogP contribution in [0.3, 0.4) is 0 Å². The summed E-state index contributed by atoms with van der Waals surface area (Å²) in [6, 6.07) is 11.2. The van der Waals surface area contributed by atoms with Crippen LogP contribution in [0.4, 0.5) is 0 Å². The van der Waals surface area contributed by atoms with Gasteiger partial charge in [-0.05, 0) is 68.3 Å². The molecule has 0 unspecified atom stereocenters. The highest BCUT2D eigenvalue weighted by Crippen LogP contribution is 2.20. The van der Waals surface area contributed by atoms with Gasteiger partial charge in [-0.15, -0.1) is 0 Å². The first-order valence-electron chi connectivity index (χ1n) is 8.48. The fourth-order valence-corrected chi connectivity index (χ4v) is 2.67. The molecule has 1 aromatic heterocycles. The number of rotatable bonds is 3. The molecule has 0 saturated heterocycles. The maximum atomic E-state index is 11.7. The Bertz CT molecular complexity index is 975. The number of carbonyl (C=O) groups excluding carboxylic acids is 1. The molecule has 2 aromatic carbocycles. The molecule has 1 heterocycles. The molecule has 4 heteroatoms. The van der Waals surface area contributed by atoms with E-state index in [1.165, 1.54) is 5.56 Å².